The Labute approximate surface area is 211 Å². The van der Waals surface area contributed by atoms with Crippen LogP contribution in [0.5, 0.6) is 11.5 Å². The van der Waals surface area contributed by atoms with Crippen LogP contribution in [0.2, 0.25) is 0 Å². The number of nitrogens with one attached hydrogen (secondary N) is 1. The second-order valence-corrected chi connectivity index (χ2v) is 10.2. The average Bonchev–Trinajstić information content (AvgIpc) is 3.18. The molecule has 0 bridgehead atoms. The Balaban J connectivity index is 1.57. The van der Waals surface area contributed by atoms with Gasteiger partial charge in [-0.25, -0.2) is 4.79 Å². The maximum atomic E-state index is 13.9. The number of fused-ring (bicyclic) bond motifs is 1. The van der Waals surface area contributed by atoms with Gasteiger partial charge in [0, 0.05) is 22.9 Å². The van der Waals surface area contributed by atoms with E-state index in [2.05, 4.69) is 5.32 Å². The third-order valence-electron chi connectivity index (χ3n) is 7.77. The van der Waals surface area contributed by atoms with E-state index in [0.29, 0.717) is 40.3 Å². The Hall–Kier alpha value is -3.29. The molecular weight excluding hydrogens is 462 g/mol. The van der Waals surface area contributed by atoms with Crippen molar-refractivity contribution in [3.05, 3.63) is 46.3 Å². The summed E-state index contributed by atoms with van der Waals surface area (Å²) in [5.41, 5.74) is 2.92. The van der Waals surface area contributed by atoms with E-state index in [1.165, 1.54) is 7.11 Å². The number of carbonyl (C=O) groups excluding carboxylic acids is 3. The number of methoxy groups -OCH3 is 1. The zero-order chi connectivity index (χ0) is 25.4. The normalized spacial score (nSPS) is 26.2. The fourth-order valence-electron chi connectivity index (χ4n) is 5.95. The van der Waals surface area contributed by atoms with E-state index in [1.807, 2.05) is 26.0 Å². The third-order valence-corrected chi connectivity index (χ3v) is 7.77. The summed E-state index contributed by atoms with van der Waals surface area (Å²) in [6, 6.07) is 5.45. The first-order valence-corrected chi connectivity index (χ1v) is 12.8. The number of Topliss-reactive ketones (excluding diaryl/α,β-unsaturated/α-hetero) is 1. The molecule has 0 amide bonds. The third kappa shape index (κ3) is 4.38. The van der Waals surface area contributed by atoms with Gasteiger partial charge < -0.3 is 24.3 Å². The van der Waals surface area contributed by atoms with E-state index < -0.39 is 23.8 Å². The van der Waals surface area contributed by atoms with Gasteiger partial charge in [0.15, 0.2) is 17.3 Å². The molecular formula is C28H33NO7. The molecule has 1 N–H and O–H groups in total. The number of rotatable bonds is 4. The molecule has 4 aliphatic rings. The van der Waals surface area contributed by atoms with Gasteiger partial charge in [-0.05, 0) is 62.6 Å². The summed E-state index contributed by atoms with van der Waals surface area (Å²) in [7, 11) is 1.29. The van der Waals surface area contributed by atoms with Crippen LogP contribution in [0, 0.1) is 11.8 Å². The molecule has 0 saturated heterocycles. The molecule has 0 radical (unpaired) electrons. The average molecular weight is 496 g/mol. The van der Waals surface area contributed by atoms with Gasteiger partial charge in [-0.2, -0.15) is 0 Å². The van der Waals surface area contributed by atoms with Gasteiger partial charge in [-0.3, -0.25) is 9.59 Å². The van der Waals surface area contributed by atoms with Crippen LogP contribution in [0.3, 0.4) is 0 Å². The van der Waals surface area contributed by atoms with Crippen LogP contribution in [0.4, 0.5) is 0 Å². The van der Waals surface area contributed by atoms with Crippen LogP contribution in [0.1, 0.15) is 70.3 Å². The first-order chi connectivity index (χ1) is 17.4. The van der Waals surface area contributed by atoms with Crippen molar-refractivity contribution in [2.24, 2.45) is 11.8 Å². The highest BCUT2D eigenvalue weighted by Crippen LogP contribution is 2.47. The monoisotopic (exact) mass is 495 g/mol. The van der Waals surface area contributed by atoms with E-state index in [4.69, 9.17) is 18.9 Å². The van der Waals surface area contributed by atoms with Crippen LogP contribution in [-0.2, 0) is 23.9 Å². The van der Waals surface area contributed by atoms with Crippen molar-refractivity contribution in [3.63, 3.8) is 0 Å². The quantitative estimate of drug-likeness (QED) is 0.375. The SMILES string of the molecule is COC(=O)[C@@H]1C(=O)C2=C(C[C@@H]1C)NC(C)=C(C(=O)OC1CCCCCC1)[C@@H]2c1ccc2c(c1)OCO2. The number of allylic oxidation sites excluding steroid dienone is 3. The summed E-state index contributed by atoms with van der Waals surface area (Å²) in [4.78, 5) is 40.2. The zero-order valence-corrected chi connectivity index (χ0v) is 21.1. The van der Waals surface area contributed by atoms with Gasteiger partial charge in [0.05, 0.1) is 12.7 Å². The predicted octanol–water partition coefficient (Wildman–Crippen LogP) is 4.29. The van der Waals surface area contributed by atoms with Gasteiger partial charge in [0.2, 0.25) is 6.79 Å². The molecule has 5 rings (SSSR count). The number of ether oxygens (including phenoxy) is 4. The van der Waals surface area contributed by atoms with Gasteiger partial charge in [0.25, 0.3) is 0 Å². The lowest BCUT2D eigenvalue weighted by Crippen LogP contribution is -2.43. The van der Waals surface area contributed by atoms with Crippen LogP contribution in [-0.4, -0.2) is 37.7 Å². The summed E-state index contributed by atoms with van der Waals surface area (Å²) in [6.45, 7) is 3.83. The Bertz CT molecular complexity index is 1140. The van der Waals surface area contributed by atoms with Crippen LogP contribution in [0.15, 0.2) is 40.7 Å². The minimum absolute atomic E-state index is 0.116. The fourth-order valence-corrected chi connectivity index (χ4v) is 5.95. The number of benzene rings is 1. The lowest BCUT2D eigenvalue weighted by atomic mass is 9.69. The number of ketones is 1. The molecule has 192 valence electrons. The highest BCUT2D eigenvalue weighted by Gasteiger charge is 2.47. The second-order valence-electron chi connectivity index (χ2n) is 10.2. The molecule has 1 fully saturated rings. The lowest BCUT2D eigenvalue weighted by molar-refractivity contribution is -0.151. The van der Waals surface area contributed by atoms with E-state index >= 15 is 0 Å². The number of dihydropyridines is 1. The van der Waals surface area contributed by atoms with Crippen LogP contribution < -0.4 is 14.8 Å². The van der Waals surface area contributed by atoms with Crippen molar-refractivity contribution in [1.29, 1.82) is 0 Å². The highest BCUT2D eigenvalue weighted by molar-refractivity contribution is 6.12. The standard InChI is InChI=1S/C28H33NO7/c1-15-12-19-25(26(30)22(15)27(31)33-3)24(17-10-11-20-21(13-17)35-14-34-20)23(16(2)29-19)28(32)36-18-8-6-4-5-7-9-18/h10-11,13,15,18,22,24,29H,4-9,12,14H2,1-3H3/t15-,22-,24-/m0/s1. The first-order valence-electron chi connectivity index (χ1n) is 12.8. The molecule has 0 aromatic heterocycles. The number of hydrogen-bond donors (Lipinski definition) is 1. The molecule has 1 saturated carbocycles. The van der Waals surface area contributed by atoms with Crippen LogP contribution in [0.25, 0.3) is 0 Å². The summed E-state index contributed by atoms with van der Waals surface area (Å²) >= 11 is 0. The maximum Gasteiger partial charge on any atom is 0.337 e. The van der Waals surface area contributed by atoms with Crippen molar-refractivity contribution < 1.29 is 33.3 Å². The maximum absolute atomic E-state index is 13.9. The van der Waals surface area contributed by atoms with Gasteiger partial charge in [-0.1, -0.05) is 25.8 Å². The molecule has 2 aliphatic carbocycles. The largest absolute Gasteiger partial charge is 0.468 e. The van der Waals surface area contributed by atoms with E-state index in [1.54, 1.807) is 6.07 Å². The van der Waals surface area contributed by atoms with Crippen molar-refractivity contribution in [3.8, 4) is 11.5 Å². The molecule has 0 unspecified atom stereocenters. The van der Waals surface area contributed by atoms with Gasteiger partial charge >= 0.3 is 11.9 Å². The molecule has 0 spiro atoms. The highest BCUT2D eigenvalue weighted by atomic mass is 16.7. The molecule has 3 atom stereocenters. The van der Waals surface area contributed by atoms with Crippen LogP contribution >= 0.6 is 0 Å². The molecule has 8 nitrogen and oxygen atoms in total. The Morgan fingerprint density at radius 1 is 1.06 bits per heavy atom. The van der Waals surface area contributed by atoms with E-state index in [9.17, 15) is 14.4 Å². The number of hydrogen-bond acceptors (Lipinski definition) is 8. The zero-order valence-electron chi connectivity index (χ0n) is 21.1. The Morgan fingerprint density at radius 2 is 1.78 bits per heavy atom. The van der Waals surface area contributed by atoms with E-state index in [-0.39, 0.29) is 24.6 Å². The fraction of sp³-hybridized carbons (Fsp3) is 0.536. The van der Waals surface area contributed by atoms with Gasteiger partial charge in [0.1, 0.15) is 12.0 Å². The minimum Gasteiger partial charge on any atom is -0.468 e. The molecule has 36 heavy (non-hydrogen) atoms. The Morgan fingerprint density at radius 3 is 2.50 bits per heavy atom. The first kappa shape index (κ1) is 24.4. The lowest BCUT2D eigenvalue weighted by Gasteiger charge is -2.38. The van der Waals surface area contributed by atoms with Gasteiger partial charge in [-0.15, -0.1) is 0 Å². The molecule has 1 aromatic carbocycles. The van der Waals surface area contributed by atoms with E-state index in [0.717, 1.165) is 44.2 Å². The minimum atomic E-state index is -0.926. The summed E-state index contributed by atoms with van der Waals surface area (Å²) in [5, 5.41) is 3.32. The molecule has 2 heterocycles. The summed E-state index contributed by atoms with van der Waals surface area (Å²) in [6.07, 6.45) is 6.40. The smallest absolute Gasteiger partial charge is 0.337 e. The summed E-state index contributed by atoms with van der Waals surface area (Å²) < 4.78 is 22.1. The molecule has 1 aromatic rings. The number of esters is 2. The van der Waals surface area contributed by atoms with Crippen molar-refractivity contribution in [2.45, 2.75) is 70.8 Å². The predicted molar refractivity (Wildman–Crippen MR) is 130 cm³/mol. The topological polar surface area (TPSA) is 100 Å². The molecule has 8 heteroatoms. The Kier molecular flexibility index (Phi) is 6.77. The van der Waals surface area contributed by atoms with Crippen molar-refractivity contribution in [1.82, 2.24) is 5.32 Å². The van der Waals surface area contributed by atoms with Crippen molar-refractivity contribution in [2.75, 3.05) is 13.9 Å². The molecule has 2 aliphatic heterocycles. The summed E-state index contributed by atoms with van der Waals surface area (Å²) in [5.74, 6) is -1.99. The second kappa shape index (κ2) is 9.99. The van der Waals surface area contributed by atoms with Crippen molar-refractivity contribution >= 4 is 17.7 Å². The number of carbonyl (C=O) groups is 3.